The number of likely N-dealkylation sites (tertiary alicyclic amines) is 1. The summed E-state index contributed by atoms with van der Waals surface area (Å²) in [7, 11) is -3.19. The first-order valence-corrected chi connectivity index (χ1v) is 8.84. The molecule has 2 rings (SSSR count). The van der Waals surface area contributed by atoms with Gasteiger partial charge in [0.25, 0.3) is 5.91 Å². The molecule has 6 nitrogen and oxygen atoms in total. The number of carbonyl (C=O) groups is 1. The lowest BCUT2D eigenvalue weighted by Gasteiger charge is -2.32. The highest BCUT2D eigenvalue weighted by atomic mass is 35.5. The molecule has 1 amide bonds. The highest BCUT2D eigenvalue weighted by molar-refractivity contribution is 7.88. The highest BCUT2D eigenvalue weighted by Gasteiger charge is 2.24. The van der Waals surface area contributed by atoms with Crippen molar-refractivity contribution in [3.05, 3.63) is 29.8 Å². The zero-order valence-electron chi connectivity index (χ0n) is 12.5. The van der Waals surface area contributed by atoms with E-state index in [1.54, 1.807) is 29.2 Å². The Hall–Kier alpha value is -1.31. The molecule has 0 aliphatic carbocycles. The lowest BCUT2D eigenvalue weighted by molar-refractivity contribution is 0.0676. The maximum absolute atomic E-state index is 12.4. The maximum atomic E-state index is 12.4. The molecule has 8 heteroatoms. The summed E-state index contributed by atoms with van der Waals surface area (Å²) in [6.07, 6.45) is 2.96. The number of nitrogens with zero attached hydrogens (tertiary/aromatic N) is 1. The first kappa shape index (κ1) is 18.7. The zero-order chi connectivity index (χ0) is 15.5. The van der Waals surface area contributed by atoms with Crippen LogP contribution in [0.1, 0.15) is 23.2 Å². The molecule has 1 aromatic carbocycles. The Kier molecular flexibility index (Phi) is 6.65. The fourth-order valence-electron chi connectivity index (χ4n) is 2.49. The van der Waals surface area contributed by atoms with Crippen molar-refractivity contribution in [2.75, 3.05) is 31.6 Å². The monoisotopic (exact) mass is 347 g/mol. The van der Waals surface area contributed by atoms with E-state index in [0.717, 1.165) is 19.1 Å². The molecule has 0 bridgehead atoms. The number of sulfonamides is 1. The number of anilines is 1. The van der Waals surface area contributed by atoms with Crippen LogP contribution in [0.5, 0.6) is 0 Å². The van der Waals surface area contributed by atoms with Crippen molar-refractivity contribution in [2.24, 2.45) is 5.92 Å². The van der Waals surface area contributed by atoms with E-state index in [2.05, 4.69) is 4.72 Å². The molecule has 1 aliphatic heterocycles. The van der Waals surface area contributed by atoms with Gasteiger partial charge in [0, 0.05) is 30.9 Å². The van der Waals surface area contributed by atoms with Crippen molar-refractivity contribution in [3.8, 4) is 0 Å². The predicted octanol–water partition coefficient (Wildman–Crippen LogP) is 1.09. The van der Waals surface area contributed by atoms with E-state index in [1.807, 2.05) is 0 Å². The Morgan fingerprint density at radius 2 is 2.00 bits per heavy atom. The van der Waals surface area contributed by atoms with E-state index in [0.29, 0.717) is 30.9 Å². The number of nitrogens with two attached hydrogens (primary N) is 1. The second-order valence-corrected chi connectivity index (χ2v) is 7.34. The summed E-state index contributed by atoms with van der Waals surface area (Å²) in [5.74, 6) is 0.130. The third-order valence-electron chi connectivity index (χ3n) is 3.60. The van der Waals surface area contributed by atoms with Gasteiger partial charge in [0.1, 0.15) is 0 Å². The Bertz CT molecular complexity index is 604. The number of piperidine rings is 1. The molecular weight excluding hydrogens is 326 g/mol. The summed E-state index contributed by atoms with van der Waals surface area (Å²) in [5, 5.41) is 0. The fourth-order valence-corrected chi connectivity index (χ4v) is 3.03. The number of hydrogen-bond donors (Lipinski definition) is 2. The lowest BCUT2D eigenvalue weighted by Crippen LogP contribution is -2.43. The van der Waals surface area contributed by atoms with Crippen molar-refractivity contribution in [3.63, 3.8) is 0 Å². The van der Waals surface area contributed by atoms with Crippen LogP contribution in [0.2, 0.25) is 0 Å². The molecule has 1 heterocycles. The lowest BCUT2D eigenvalue weighted by atomic mass is 9.97. The van der Waals surface area contributed by atoms with Gasteiger partial charge in [-0.3, -0.25) is 4.79 Å². The SMILES string of the molecule is CS(=O)(=O)NCC1CCCN(C(=O)c2ccc(N)cc2)C1.Cl. The van der Waals surface area contributed by atoms with Gasteiger partial charge >= 0.3 is 0 Å². The van der Waals surface area contributed by atoms with Crippen molar-refractivity contribution in [2.45, 2.75) is 12.8 Å². The smallest absolute Gasteiger partial charge is 0.253 e. The summed E-state index contributed by atoms with van der Waals surface area (Å²) in [4.78, 5) is 14.2. The van der Waals surface area contributed by atoms with Crippen LogP contribution in [0.4, 0.5) is 5.69 Å². The molecule has 0 radical (unpaired) electrons. The quantitative estimate of drug-likeness (QED) is 0.797. The third kappa shape index (κ3) is 5.47. The first-order valence-electron chi connectivity index (χ1n) is 6.94. The average molecular weight is 348 g/mol. The molecule has 3 N–H and O–H groups in total. The standard InChI is InChI=1S/C14H21N3O3S.ClH/c1-21(19,20)16-9-11-3-2-8-17(10-11)14(18)12-4-6-13(15)7-5-12;/h4-7,11,16H,2-3,8-10,15H2,1H3;1H. The van der Waals surface area contributed by atoms with Crippen LogP contribution in [-0.2, 0) is 10.0 Å². The van der Waals surface area contributed by atoms with Crippen molar-refractivity contribution in [1.29, 1.82) is 0 Å². The number of nitrogens with one attached hydrogen (secondary N) is 1. The largest absolute Gasteiger partial charge is 0.399 e. The van der Waals surface area contributed by atoms with Crippen molar-refractivity contribution in [1.82, 2.24) is 9.62 Å². The first-order chi connectivity index (χ1) is 9.85. The normalized spacial score (nSPS) is 18.6. The minimum absolute atomic E-state index is 0. The number of rotatable bonds is 4. The Balaban J connectivity index is 0.00000242. The van der Waals surface area contributed by atoms with Crippen LogP contribution in [0.15, 0.2) is 24.3 Å². The van der Waals surface area contributed by atoms with E-state index >= 15 is 0 Å². The Morgan fingerprint density at radius 1 is 1.36 bits per heavy atom. The van der Waals surface area contributed by atoms with Gasteiger partial charge in [-0.15, -0.1) is 12.4 Å². The van der Waals surface area contributed by atoms with Crippen LogP contribution >= 0.6 is 12.4 Å². The van der Waals surface area contributed by atoms with Gasteiger partial charge in [0.2, 0.25) is 10.0 Å². The van der Waals surface area contributed by atoms with Gasteiger partial charge in [0.05, 0.1) is 6.26 Å². The van der Waals surface area contributed by atoms with Gasteiger partial charge in [-0.2, -0.15) is 0 Å². The van der Waals surface area contributed by atoms with Gasteiger partial charge in [-0.25, -0.2) is 13.1 Å². The second kappa shape index (κ2) is 7.80. The number of nitrogen functional groups attached to an aromatic ring is 1. The number of hydrogen-bond acceptors (Lipinski definition) is 4. The summed E-state index contributed by atoms with van der Waals surface area (Å²) < 4.78 is 24.8. The molecule has 1 unspecified atom stereocenters. The molecule has 1 aliphatic rings. The fraction of sp³-hybridized carbons (Fsp3) is 0.500. The summed E-state index contributed by atoms with van der Waals surface area (Å²) in [6, 6.07) is 6.85. The molecular formula is C14H22ClN3O3S. The molecule has 0 aromatic heterocycles. The Labute approximate surface area is 137 Å². The van der Waals surface area contributed by atoms with E-state index in [-0.39, 0.29) is 24.2 Å². The molecule has 1 atom stereocenters. The minimum atomic E-state index is -3.19. The molecule has 1 fully saturated rings. The van der Waals surface area contributed by atoms with Gasteiger partial charge in [-0.05, 0) is 43.0 Å². The zero-order valence-corrected chi connectivity index (χ0v) is 14.1. The summed E-state index contributed by atoms with van der Waals surface area (Å²) in [5.41, 5.74) is 6.85. The topological polar surface area (TPSA) is 92.5 Å². The molecule has 124 valence electrons. The van der Waals surface area contributed by atoms with E-state index < -0.39 is 10.0 Å². The molecule has 0 saturated carbocycles. The predicted molar refractivity (Wildman–Crippen MR) is 89.6 cm³/mol. The van der Waals surface area contributed by atoms with Crippen LogP contribution in [0, 0.1) is 5.92 Å². The molecule has 0 spiro atoms. The van der Waals surface area contributed by atoms with Crippen LogP contribution in [0.25, 0.3) is 0 Å². The Morgan fingerprint density at radius 3 is 2.59 bits per heavy atom. The van der Waals surface area contributed by atoms with Crippen LogP contribution in [-0.4, -0.2) is 45.1 Å². The number of carbonyl (C=O) groups excluding carboxylic acids is 1. The third-order valence-corrected chi connectivity index (χ3v) is 4.29. The van der Waals surface area contributed by atoms with Gasteiger partial charge < -0.3 is 10.6 Å². The second-order valence-electron chi connectivity index (χ2n) is 5.50. The molecule has 1 saturated heterocycles. The highest BCUT2D eigenvalue weighted by Crippen LogP contribution is 2.18. The van der Waals surface area contributed by atoms with Crippen molar-refractivity contribution < 1.29 is 13.2 Å². The van der Waals surface area contributed by atoms with E-state index in [4.69, 9.17) is 5.73 Å². The number of halogens is 1. The van der Waals surface area contributed by atoms with E-state index in [9.17, 15) is 13.2 Å². The van der Waals surface area contributed by atoms with E-state index in [1.165, 1.54) is 0 Å². The number of amides is 1. The minimum Gasteiger partial charge on any atom is -0.399 e. The maximum Gasteiger partial charge on any atom is 0.253 e. The molecule has 1 aromatic rings. The summed E-state index contributed by atoms with van der Waals surface area (Å²) in [6.45, 7) is 1.66. The molecule has 22 heavy (non-hydrogen) atoms. The van der Waals surface area contributed by atoms with Crippen LogP contribution in [0.3, 0.4) is 0 Å². The van der Waals surface area contributed by atoms with Crippen LogP contribution < -0.4 is 10.5 Å². The number of benzene rings is 1. The average Bonchev–Trinajstić information content (AvgIpc) is 2.45. The van der Waals surface area contributed by atoms with Gasteiger partial charge in [-0.1, -0.05) is 0 Å². The summed E-state index contributed by atoms with van der Waals surface area (Å²) >= 11 is 0. The van der Waals surface area contributed by atoms with Gasteiger partial charge in [0.15, 0.2) is 0 Å². The van der Waals surface area contributed by atoms with Crippen molar-refractivity contribution >= 4 is 34.0 Å².